The van der Waals surface area contributed by atoms with Gasteiger partial charge in [-0.3, -0.25) is 4.79 Å². The lowest BCUT2D eigenvalue weighted by Gasteiger charge is -2.11. The lowest BCUT2D eigenvalue weighted by molar-refractivity contribution is -0.139. The largest absolute Gasteiger partial charge is 0.480 e. The van der Waals surface area contributed by atoms with Crippen LogP contribution in [-0.2, 0) is 9.53 Å². The number of likely N-dealkylation sites (N-methyl/N-ethyl adjacent to an activating group) is 1. The summed E-state index contributed by atoms with van der Waals surface area (Å²) in [6.07, 6.45) is 1.54. The predicted octanol–water partition coefficient (Wildman–Crippen LogP) is 1.11. The third-order valence-electron chi connectivity index (χ3n) is 2.04. The van der Waals surface area contributed by atoms with Crippen LogP contribution >= 0.6 is 0 Å². The highest BCUT2D eigenvalue weighted by atomic mass is 16.5. The molecule has 0 fully saturated rings. The van der Waals surface area contributed by atoms with Gasteiger partial charge in [0.15, 0.2) is 0 Å². The molecule has 0 bridgehead atoms. The van der Waals surface area contributed by atoms with E-state index in [0.717, 1.165) is 6.42 Å². The maximum Gasteiger partial charge on any atom is 0.320 e. The smallest absolute Gasteiger partial charge is 0.320 e. The van der Waals surface area contributed by atoms with Gasteiger partial charge in [-0.1, -0.05) is 13.8 Å². The minimum Gasteiger partial charge on any atom is -0.480 e. The van der Waals surface area contributed by atoms with Gasteiger partial charge >= 0.3 is 5.97 Å². The fourth-order valence-electron chi connectivity index (χ4n) is 1.01. The average molecular weight is 203 g/mol. The zero-order chi connectivity index (χ0) is 11.0. The van der Waals surface area contributed by atoms with Crippen LogP contribution < -0.4 is 5.32 Å². The molecule has 0 aromatic rings. The van der Waals surface area contributed by atoms with Gasteiger partial charge in [-0.25, -0.2) is 0 Å². The Morgan fingerprint density at radius 3 is 2.36 bits per heavy atom. The number of nitrogens with one attached hydrogen (secondary N) is 1. The molecule has 2 N–H and O–H groups in total. The van der Waals surface area contributed by atoms with E-state index in [-0.39, 0.29) is 0 Å². The van der Waals surface area contributed by atoms with Crippen molar-refractivity contribution in [2.24, 2.45) is 5.92 Å². The summed E-state index contributed by atoms with van der Waals surface area (Å²) in [5.74, 6) is -0.186. The van der Waals surface area contributed by atoms with Gasteiger partial charge in [-0.05, 0) is 25.8 Å². The maximum atomic E-state index is 10.6. The third-order valence-corrected chi connectivity index (χ3v) is 2.04. The van der Waals surface area contributed by atoms with E-state index in [4.69, 9.17) is 9.84 Å². The number of aliphatic carboxylic acids is 1. The molecule has 0 aromatic carbocycles. The molecule has 4 heteroatoms. The molecule has 0 aromatic heterocycles. The van der Waals surface area contributed by atoms with Crippen molar-refractivity contribution < 1.29 is 14.6 Å². The molecule has 0 radical (unpaired) electrons. The number of hydrogen-bond acceptors (Lipinski definition) is 3. The topological polar surface area (TPSA) is 58.6 Å². The summed E-state index contributed by atoms with van der Waals surface area (Å²) >= 11 is 0. The first-order valence-electron chi connectivity index (χ1n) is 5.05. The van der Waals surface area contributed by atoms with Crippen LogP contribution in [-0.4, -0.2) is 37.4 Å². The van der Waals surface area contributed by atoms with Crippen molar-refractivity contribution >= 4 is 5.97 Å². The SMILES string of the molecule is CNC(CCOCCC(C)C)C(=O)O. The lowest BCUT2D eigenvalue weighted by atomic mass is 10.1. The third kappa shape index (κ3) is 6.86. The molecule has 0 aliphatic carbocycles. The van der Waals surface area contributed by atoms with Crippen molar-refractivity contribution in [1.82, 2.24) is 5.32 Å². The second-order valence-corrected chi connectivity index (χ2v) is 3.76. The van der Waals surface area contributed by atoms with Crippen molar-refractivity contribution in [2.75, 3.05) is 20.3 Å². The van der Waals surface area contributed by atoms with Gasteiger partial charge in [0.05, 0.1) is 0 Å². The standard InChI is InChI=1S/C10H21NO3/c1-8(2)4-6-14-7-5-9(11-3)10(12)13/h8-9,11H,4-7H2,1-3H3,(H,12,13). The van der Waals surface area contributed by atoms with Gasteiger partial charge in [0.25, 0.3) is 0 Å². The molecular formula is C10H21NO3. The molecule has 4 nitrogen and oxygen atoms in total. The summed E-state index contributed by atoms with van der Waals surface area (Å²) in [7, 11) is 1.65. The van der Waals surface area contributed by atoms with Crippen LogP contribution in [0.25, 0.3) is 0 Å². The van der Waals surface area contributed by atoms with Crippen LogP contribution in [0.4, 0.5) is 0 Å². The number of carboxylic acid groups (broad SMARTS) is 1. The molecular weight excluding hydrogens is 182 g/mol. The highest BCUT2D eigenvalue weighted by Crippen LogP contribution is 2.00. The molecule has 0 amide bonds. The van der Waals surface area contributed by atoms with Crippen molar-refractivity contribution in [3.63, 3.8) is 0 Å². The molecule has 1 unspecified atom stereocenters. The summed E-state index contributed by atoms with van der Waals surface area (Å²) in [6, 6.07) is -0.492. The summed E-state index contributed by atoms with van der Waals surface area (Å²) < 4.78 is 5.32. The zero-order valence-electron chi connectivity index (χ0n) is 9.25. The molecule has 0 rings (SSSR count). The quantitative estimate of drug-likeness (QED) is 0.580. The van der Waals surface area contributed by atoms with E-state index in [9.17, 15) is 4.79 Å². The molecule has 0 aliphatic heterocycles. The average Bonchev–Trinajstić information content (AvgIpc) is 2.10. The molecule has 84 valence electrons. The van der Waals surface area contributed by atoms with Gasteiger partial charge in [-0.2, -0.15) is 0 Å². The first-order chi connectivity index (χ1) is 6.57. The molecule has 0 saturated carbocycles. The molecule has 0 aliphatic rings. The van der Waals surface area contributed by atoms with Gasteiger partial charge in [0, 0.05) is 13.2 Å². The van der Waals surface area contributed by atoms with E-state index in [1.54, 1.807) is 7.05 Å². The summed E-state index contributed by atoms with van der Waals surface area (Å²) in [6.45, 7) is 5.49. The Morgan fingerprint density at radius 2 is 1.93 bits per heavy atom. The van der Waals surface area contributed by atoms with Crippen molar-refractivity contribution in [3.8, 4) is 0 Å². The van der Waals surface area contributed by atoms with E-state index in [1.165, 1.54) is 0 Å². The number of rotatable bonds is 8. The van der Waals surface area contributed by atoms with Gasteiger partial charge in [0.2, 0.25) is 0 Å². The van der Waals surface area contributed by atoms with Gasteiger partial charge in [0.1, 0.15) is 6.04 Å². The second kappa shape index (κ2) is 7.76. The molecule has 14 heavy (non-hydrogen) atoms. The first-order valence-corrected chi connectivity index (χ1v) is 5.05. The molecule has 0 saturated heterocycles. The van der Waals surface area contributed by atoms with Crippen LogP contribution in [0.15, 0.2) is 0 Å². The van der Waals surface area contributed by atoms with E-state index in [0.29, 0.717) is 25.6 Å². The maximum absolute atomic E-state index is 10.6. The van der Waals surface area contributed by atoms with Crippen LogP contribution in [0.5, 0.6) is 0 Å². The molecule has 1 atom stereocenters. The zero-order valence-corrected chi connectivity index (χ0v) is 9.25. The summed E-state index contributed by atoms with van der Waals surface area (Å²) in [5, 5.41) is 11.4. The Hall–Kier alpha value is -0.610. The van der Waals surface area contributed by atoms with E-state index >= 15 is 0 Å². The Balaban J connectivity index is 3.38. The van der Waals surface area contributed by atoms with E-state index in [1.807, 2.05) is 0 Å². The fraction of sp³-hybridized carbons (Fsp3) is 0.900. The molecule has 0 spiro atoms. The minimum atomic E-state index is -0.819. The Morgan fingerprint density at radius 1 is 1.36 bits per heavy atom. The van der Waals surface area contributed by atoms with Crippen LogP contribution in [0.1, 0.15) is 26.7 Å². The van der Waals surface area contributed by atoms with Gasteiger partial charge in [-0.15, -0.1) is 0 Å². The Labute approximate surface area is 85.6 Å². The van der Waals surface area contributed by atoms with Crippen LogP contribution in [0.2, 0.25) is 0 Å². The van der Waals surface area contributed by atoms with Crippen LogP contribution in [0.3, 0.4) is 0 Å². The highest BCUT2D eigenvalue weighted by molar-refractivity contribution is 5.73. The number of carboxylic acids is 1. The van der Waals surface area contributed by atoms with E-state index < -0.39 is 12.0 Å². The normalized spacial score (nSPS) is 13.1. The monoisotopic (exact) mass is 203 g/mol. The Kier molecular flexibility index (Phi) is 7.42. The summed E-state index contributed by atoms with van der Waals surface area (Å²) in [5.41, 5.74) is 0. The Bertz CT molecular complexity index is 159. The minimum absolute atomic E-state index is 0.492. The predicted molar refractivity (Wildman–Crippen MR) is 55.4 cm³/mol. The first kappa shape index (κ1) is 13.4. The second-order valence-electron chi connectivity index (χ2n) is 3.76. The molecule has 0 heterocycles. The highest BCUT2D eigenvalue weighted by Gasteiger charge is 2.13. The van der Waals surface area contributed by atoms with Gasteiger partial charge < -0.3 is 15.2 Å². The number of hydrogen-bond donors (Lipinski definition) is 2. The fourth-order valence-corrected chi connectivity index (χ4v) is 1.01. The lowest BCUT2D eigenvalue weighted by Crippen LogP contribution is -2.34. The number of ether oxygens (including phenoxy) is 1. The van der Waals surface area contributed by atoms with Crippen LogP contribution in [0, 0.1) is 5.92 Å². The number of carbonyl (C=O) groups is 1. The van der Waals surface area contributed by atoms with E-state index in [2.05, 4.69) is 19.2 Å². The van der Waals surface area contributed by atoms with Crippen molar-refractivity contribution in [1.29, 1.82) is 0 Å². The van der Waals surface area contributed by atoms with Crippen molar-refractivity contribution in [3.05, 3.63) is 0 Å². The van der Waals surface area contributed by atoms with Crippen molar-refractivity contribution in [2.45, 2.75) is 32.7 Å². The summed E-state index contributed by atoms with van der Waals surface area (Å²) in [4.78, 5) is 10.6.